The molecule has 2 heterocycles. The Kier molecular flexibility index (Phi) is 6.86. The highest BCUT2D eigenvalue weighted by atomic mass is 16.5. The van der Waals surface area contributed by atoms with E-state index < -0.39 is 0 Å². The summed E-state index contributed by atoms with van der Waals surface area (Å²) in [4.78, 5) is 7.85. The maximum absolute atomic E-state index is 5.23. The van der Waals surface area contributed by atoms with Crippen molar-refractivity contribution in [1.82, 2.24) is 9.80 Å². The zero-order valence-electron chi connectivity index (χ0n) is 17.5. The molecule has 29 heavy (non-hydrogen) atoms. The molecule has 4 heteroatoms. The van der Waals surface area contributed by atoms with Gasteiger partial charge in [-0.05, 0) is 49.2 Å². The lowest BCUT2D eigenvalue weighted by Crippen LogP contribution is -2.55. The Hall–Kier alpha value is -2.30. The maximum atomic E-state index is 5.23. The molecule has 154 valence electrons. The number of rotatable bonds is 6. The van der Waals surface area contributed by atoms with Gasteiger partial charge in [-0.3, -0.25) is 9.80 Å². The molecule has 2 aliphatic rings. The minimum absolute atomic E-state index is 0.705. The number of anilines is 1. The number of para-hydroxylation sites is 1. The highest BCUT2D eigenvalue weighted by molar-refractivity contribution is 5.50. The molecule has 2 aromatic rings. The van der Waals surface area contributed by atoms with Crippen LogP contribution in [0.2, 0.25) is 0 Å². The number of piperazine rings is 1. The molecular weight excluding hydrogens is 358 g/mol. The van der Waals surface area contributed by atoms with Crippen LogP contribution in [0.1, 0.15) is 18.4 Å². The van der Waals surface area contributed by atoms with Crippen molar-refractivity contribution in [1.29, 1.82) is 0 Å². The first-order valence-electron chi connectivity index (χ1n) is 10.9. The van der Waals surface area contributed by atoms with Gasteiger partial charge in [-0.2, -0.15) is 0 Å². The van der Waals surface area contributed by atoms with E-state index in [-0.39, 0.29) is 0 Å². The van der Waals surface area contributed by atoms with Crippen LogP contribution in [0.5, 0.6) is 5.75 Å². The van der Waals surface area contributed by atoms with Gasteiger partial charge in [0.2, 0.25) is 0 Å². The van der Waals surface area contributed by atoms with Crippen LogP contribution in [0, 0.1) is 0 Å². The van der Waals surface area contributed by atoms with Crippen molar-refractivity contribution in [3.8, 4) is 5.75 Å². The van der Waals surface area contributed by atoms with Gasteiger partial charge in [-0.25, -0.2) is 0 Å². The lowest BCUT2D eigenvalue weighted by Gasteiger charge is -2.43. The third kappa shape index (κ3) is 5.40. The average molecular weight is 392 g/mol. The van der Waals surface area contributed by atoms with Gasteiger partial charge in [-0.15, -0.1) is 0 Å². The number of nitrogens with zero attached hydrogens (tertiary/aromatic N) is 3. The van der Waals surface area contributed by atoms with E-state index in [0.29, 0.717) is 6.04 Å². The fraction of sp³-hybridized carbons (Fsp3) is 0.440. The predicted octanol–water partition coefficient (Wildman–Crippen LogP) is 4.00. The second kappa shape index (κ2) is 9.95. The molecule has 0 aliphatic carbocycles. The van der Waals surface area contributed by atoms with E-state index in [4.69, 9.17) is 4.74 Å². The van der Waals surface area contributed by atoms with Gasteiger partial charge in [0.25, 0.3) is 0 Å². The van der Waals surface area contributed by atoms with Gasteiger partial charge in [-0.1, -0.05) is 42.5 Å². The van der Waals surface area contributed by atoms with Crippen LogP contribution in [-0.2, 0) is 0 Å². The van der Waals surface area contributed by atoms with Gasteiger partial charge in [0.15, 0.2) is 0 Å². The van der Waals surface area contributed by atoms with Crippen molar-refractivity contribution in [2.45, 2.75) is 18.9 Å². The molecular formula is C25H33N3O. The van der Waals surface area contributed by atoms with Gasteiger partial charge < -0.3 is 9.64 Å². The minimum Gasteiger partial charge on any atom is -0.497 e. The van der Waals surface area contributed by atoms with Crippen molar-refractivity contribution in [3.63, 3.8) is 0 Å². The first kappa shape index (κ1) is 20.0. The Bertz CT molecular complexity index is 766. The largest absolute Gasteiger partial charge is 0.497 e. The molecule has 2 saturated heterocycles. The van der Waals surface area contributed by atoms with E-state index in [2.05, 4.69) is 69.3 Å². The van der Waals surface area contributed by atoms with E-state index in [1.165, 1.54) is 50.3 Å². The molecule has 0 saturated carbocycles. The quantitative estimate of drug-likeness (QED) is 0.741. The summed E-state index contributed by atoms with van der Waals surface area (Å²) >= 11 is 0. The summed E-state index contributed by atoms with van der Waals surface area (Å²) in [6, 6.07) is 19.8. The van der Waals surface area contributed by atoms with Crippen LogP contribution < -0.4 is 9.64 Å². The van der Waals surface area contributed by atoms with Crippen LogP contribution in [-0.4, -0.2) is 68.8 Å². The summed E-state index contributed by atoms with van der Waals surface area (Å²) in [5.74, 6) is 0.911. The SMILES string of the molecule is COc1ccc(/C=C/CN2CCCC(N3CCN(c4ccccc4)CC3)C2)cc1. The number of hydrogen-bond acceptors (Lipinski definition) is 4. The van der Waals surface area contributed by atoms with E-state index in [9.17, 15) is 0 Å². The van der Waals surface area contributed by atoms with Gasteiger partial charge in [0.05, 0.1) is 7.11 Å². The molecule has 4 rings (SSSR count). The number of hydrogen-bond donors (Lipinski definition) is 0. The van der Waals surface area contributed by atoms with Crippen LogP contribution >= 0.6 is 0 Å². The fourth-order valence-corrected chi connectivity index (χ4v) is 4.53. The summed E-state index contributed by atoms with van der Waals surface area (Å²) in [7, 11) is 1.71. The number of methoxy groups -OCH3 is 1. The topological polar surface area (TPSA) is 19.0 Å². The molecule has 0 N–H and O–H groups in total. The smallest absolute Gasteiger partial charge is 0.118 e. The van der Waals surface area contributed by atoms with Crippen LogP contribution in [0.3, 0.4) is 0 Å². The second-order valence-corrected chi connectivity index (χ2v) is 8.09. The molecule has 1 atom stereocenters. The van der Waals surface area contributed by atoms with Crippen LogP contribution in [0.25, 0.3) is 6.08 Å². The molecule has 1 unspecified atom stereocenters. The third-order valence-electron chi connectivity index (χ3n) is 6.22. The van der Waals surface area contributed by atoms with Crippen molar-refractivity contribution in [2.75, 3.05) is 57.8 Å². The standard InChI is InChI=1S/C25H33N3O/c1-29-25-13-11-22(12-14-25)7-5-15-26-16-6-10-24(21-26)28-19-17-27(18-20-28)23-8-3-2-4-9-23/h2-5,7-9,11-14,24H,6,10,15-21H2,1H3/b7-5+. The number of ether oxygens (including phenoxy) is 1. The molecule has 0 amide bonds. The lowest BCUT2D eigenvalue weighted by atomic mass is 10.0. The highest BCUT2D eigenvalue weighted by Gasteiger charge is 2.27. The van der Waals surface area contributed by atoms with Crippen molar-refractivity contribution >= 4 is 11.8 Å². The van der Waals surface area contributed by atoms with Crippen LogP contribution in [0.15, 0.2) is 60.7 Å². The Morgan fingerprint density at radius 2 is 1.69 bits per heavy atom. The monoisotopic (exact) mass is 391 g/mol. The molecule has 0 radical (unpaired) electrons. The van der Waals surface area contributed by atoms with Crippen molar-refractivity contribution < 1.29 is 4.74 Å². The van der Waals surface area contributed by atoms with E-state index in [1.807, 2.05) is 12.1 Å². The third-order valence-corrected chi connectivity index (χ3v) is 6.22. The molecule has 2 fully saturated rings. The predicted molar refractivity (Wildman–Crippen MR) is 122 cm³/mol. The first-order chi connectivity index (χ1) is 14.3. The summed E-state index contributed by atoms with van der Waals surface area (Å²) in [6.07, 6.45) is 7.17. The van der Waals surface area contributed by atoms with Gasteiger partial charge >= 0.3 is 0 Å². The van der Waals surface area contributed by atoms with E-state index in [0.717, 1.165) is 25.4 Å². The molecule has 2 aliphatic heterocycles. The zero-order chi connectivity index (χ0) is 19.9. The van der Waals surface area contributed by atoms with Crippen molar-refractivity contribution in [3.05, 3.63) is 66.2 Å². The Labute approximate surface area is 175 Å². The Balaban J connectivity index is 1.25. The number of benzene rings is 2. The van der Waals surface area contributed by atoms with Gasteiger partial charge in [0.1, 0.15) is 5.75 Å². The molecule has 2 aromatic carbocycles. The lowest BCUT2D eigenvalue weighted by molar-refractivity contribution is 0.0991. The second-order valence-electron chi connectivity index (χ2n) is 8.09. The normalized spacial score (nSPS) is 21.6. The summed E-state index contributed by atoms with van der Waals surface area (Å²) < 4.78 is 5.23. The van der Waals surface area contributed by atoms with Crippen molar-refractivity contribution in [2.24, 2.45) is 0 Å². The molecule has 4 nitrogen and oxygen atoms in total. The number of piperidine rings is 1. The molecule has 0 aromatic heterocycles. The van der Waals surface area contributed by atoms with Gasteiger partial charge in [0, 0.05) is 51.0 Å². The number of likely N-dealkylation sites (tertiary alicyclic amines) is 1. The fourth-order valence-electron chi connectivity index (χ4n) is 4.53. The zero-order valence-corrected chi connectivity index (χ0v) is 17.5. The Morgan fingerprint density at radius 1 is 0.931 bits per heavy atom. The maximum Gasteiger partial charge on any atom is 0.118 e. The Morgan fingerprint density at radius 3 is 2.41 bits per heavy atom. The first-order valence-corrected chi connectivity index (χ1v) is 10.9. The van der Waals surface area contributed by atoms with E-state index in [1.54, 1.807) is 7.11 Å². The molecule has 0 spiro atoms. The average Bonchev–Trinajstić information content (AvgIpc) is 2.80. The van der Waals surface area contributed by atoms with E-state index >= 15 is 0 Å². The highest BCUT2D eigenvalue weighted by Crippen LogP contribution is 2.21. The summed E-state index contributed by atoms with van der Waals surface area (Å²) in [5, 5.41) is 0. The minimum atomic E-state index is 0.705. The van der Waals surface area contributed by atoms with Crippen LogP contribution in [0.4, 0.5) is 5.69 Å². The molecule has 0 bridgehead atoms. The summed E-state index contributed by atoms with van der Waals surface area (Å²) in [6.45, 7) is 8.07. The summed E-state index contributed by atoms with van der Waals surface area (Å²) in [5.41, 5.74) is 2.59.